The summed E-state index contributed by atoms with van der Waals surface area (Å²) >= 11 is 1.41. The number of hydrogen-bond donors (Lipinski definition) is 2. The van der Waals surface area contributed by atoms with Gasteiger partial charge in [0.25, 0.3) is 0 Å². The minimum atomic E-state index is 0.0690. The van der Waals surface area contributed by atoms with Crippen molar-refractivity contribution in [3.8, 4) is 11.5 Å². The number of rotatable bonds is 7. The van der Waals surface area contributed by atoms with Gasteiger partial charge in [-0.15, -0.1) is 11.3 Å². The van der Waals surface area contributed by atoms with Crippen molar-refractivity contribution in [2.45, 2.75) is 26.4 Å². The van der Waals surface area contributed by atoms with Gasteiger partial charge in [-0.2, -0.15) is 0 Å². The molecule has 0 saturated heterocycles. The number of aryl methyl sites for hydroxylation is 1. The highest BCUT2D eigenvalue weighted by Gasteiger charge is 2.14. The molecule has 0 radical (unpaired) electrons. The molecule has 21 heavy (non-hydrogen) atoms. The lowest BCUT2D eigenvalue weighted by Crippen LogP contribution is -2.11. The predicted octanol–water partition coefficient (Wildman–Crippen LogP) is 2.97. The molecule has 0 atom stereocenters. The summed E-state index contributed by atoms with van der Waals surface area (Å²) in [4.78, 5) is 5.27. The molecule has 0 aliphatic rings. The molecule has 0 bridgehead atoms. The van der Waals surface area contributed by atoms with Gasteiger partial charge in [-0.3, -0.25) is 5.41 Å². The van der Waals surface area contributed by atoms with Crippen molar-refractivity contribution in [3.05, 3.63) is 39.8 Å². The lowest BCUT2D eigenvalue weighted by atomic mass is 10.2. The van der Waals surface area contributed by atoms with Crippen LogP contribution in [0.3, 0.4) is 0 Å². The van der Waals surface area contributed by atoms with Crippen LogP contribution in [0, 0.1) is 5.41 Å². The first kappa shape index (κ1) is 15.3. The maximum Gasteiger partial charge on any atom is 0.161 e. The zero-order chi connectivity index (χ0) is 15.2. The highest BCUT2D eigenvalue weighted by atomic mass is 32.1. The fraction of sp³-hybridized carbons (Fsp3) is 0.333. The molecule has 1 aromatic heterocycles. The molecule has 3 N–H and O–H groups in total. The van der Waals surface area contributed by atoms with Crippen molar-refractivity contribution in [3.63, 3.8) is 0 Å². The predicted molar refractivity (Wildman–Crippen MR) is 84.5 cm³/mol. The number of para-hydroxylation sites is 2. The molecule has 0 spiro atoms. The third-order valence-corrected chi connectivity index (χ3v) is 4.00. The van der Waals surface area contributed by atoms with Crippen LogP contribution in [0.1, 0.15) is 28.9 Å². The number of nitrogens with one attached hydrogen (secondary N) is 1. The van der Waals surface area contributed by atoms with E-state index in [1.165, 1.54) is 11.3 Å². The zero-order valence-corrected chi connectivity index (χ0v) is 13.0. The van der Waals surface area contributed by atoms with Gasteiger partial charge in [0.1, 0.15) is 17.5 Å². The van der Waals surface area contributed by atoms with Crippen LogP contribution in [0.2, 0.25) is 0 Å². The summed E-state index contributed by atoms with van der Waals surface area (Å²) in [7, 11) is 1.61. The zero-order valence-electron chi connectivity index (χ0n) is 12.2. The number of thiazole rings is 1. The van der Waals surface area contributed by atoms with Crippen LogP contribution in [0.25, 0.3) is 0 Å². The van der Waals surface area contributed by atoms with Crippen molar-refractivity contribution in [1.82, 2.24) is 4.98 Å². The van der Waals surface area contributed by atoms with E-state index in [0.29, 0.717) is 18.1 Å². The minimum absolute atomic E-state index is 0.0690. The Labute approximate surface area is 128 Å². The fourth-order valence-electron chi connectivity index (χ4n) is 1.96. The van der Waals surface area contributed by atoms with E-state index in [2.05, 4.69) is 11.9 Å². The summed E-state index contributed by atoms with van der Waals surface area (Å²) < 4.78 is 11.0. The van der Waals surface area contributed by atoms with E-state index in [9.17, 15) is 0 Å². The standard InChI is InChI=1S/C15H19N3O2S/c1-3-6-10-14(15(16)17)21-13(18-10)9-20-12-8-5-4-7-11(12)19-2/h4-5,7-8H,3,6,9H2,1-2H3,(H3,16,17). The van der Waals surface area contributed by atoms with Crippen molar-refractivity contribution in [1.29, 1.82) is 5.41 Å². The quantitative estimate of drug-likeness (QED) is 0.608. The molecule has 1 aromatic carbocycles. The summed E-state index contributed by atoms with van der Waals surface area (Å²) in [5, 5.41) is 8.43. The maximum atomic E-state index is 7.62. The van der Waals surface area contributed by atoms with Gasteiger partial charge in [0, 0.05) is 0 Å². The van der Waals surface area contributed by atoms with Crippen molar-refractivity contribution in [2.24, 2.45) is 5.73 Å². The van der Waals surface area contributed by atoms with Gasteiger partial charge >= 0.3 is 0 Å². The maximum absolute atomic E-state index is 7.62. The summed E-state index contributed by atoms with van der Waals surface area (Å²) in [5.41, 5.74) is 6.49. The van der Waals surface area contributed by atoms with Crippen LogP contribution in [0.4, 0.5) is 0 Å². The first-order valence-corrected chi connectivity index (χ1v) is 7.56. The second-order valence-corrected chi connectivity index (χ2v) is 5.57. The van der Waals surface area contributed by atoms with E-state index in [0.717, 1.165) is 28.4 Å². The number of nitrogens with two attached hydrogens (primary N) is 1. The summed E-state index contributed by atoms with van der Waals surface area (Å²) in [6.45, 7) is 2.42. The number of ether oxygens (including phenoxy) is 2. The Kier molecular flexibility index (Phi) is 5.16. The molecule has 0 fully saturated rings. The number of hydrogen-bond acceptors (Lipinski definition) is 5. The van der Waals surface area contributed by atoms with Crippen molar-refractivity contribution < 1.29 is 9.47 Å². The summed E-state index contributed by atoms with van der Waals surface area (Å²) in [6.07, 6.45) is 1.79. The molecule has 2 rings (SSSR count). The van der Waals surface area contributed by atoms with Gasteiger partial charge in [-0.1, -0.05) is 25.5 Å². The van der Waals surface area contributed by atoms with E-state index in [1.807, 2.05) is 24.3 Å². The number of methoxy groups -OCH3 is 1. The Morgan fingerprint density at radius 3 is 2.67 bits per heavy atom. The highest BCUT2D eigenvalue weighted by Crippen LogP contribution is 2.28. The summed E-state index contributed by atoms with van der Waals surface area (Å²) in [6, 6.07) is 7.48. The number of aromatic nitrogens is 1. The van der Waals surface area contributed by atoms with Crippen LogP contribution in [0.5, 0.6) is 11.5 Å². The van der Waals surface area contributed by atoms with E-state index in [1.54, 1.807) is 7.11 Å². The number of amidine groups is 1. The Morgan fingerprint density at radius 1 is 1.33 bits per heavy atom. The molecule has 2 aromatic rings. The Hall–Kier alpha value is -2.08. The van der Waals surface area contributed by atoms with Crippen LogP contribution >= 0.6 is 11.3 Å². The molecule has 6 heteroatoms. The molecular weight excluding hydrogens is 286 g/mol. The SMILES string of the molecule is CCCc1nc(COc2ccccc2OC)sc1C(=N)N. The highest BCUT2D eigenvalue weighted by molar-refractivity contribution is 7.13. The Morgan fingerprint density at radius 2 is 2.05 bits per heavy atom. The third kappa shape index (κ3) is 3.72. The monoisotopic (exact) mass is 305 g/mol. The van der Waals surface area contributed by atoms with Crippen LogP contribution in [-0.4, -0.2) is 17.9 Å². The fourth-order valence-corrected chi connectivity index (χ4v) is 2.84. The molecule has 1 heterocycles. The number of nitrogens with zero attached hydrogens (tertiary/aromatic N) is 1. The average Bonchev–Trinajstić information content (AvgIpc) is 2.89. The minimum Gasteiger partial charge on any atom is -0.493 e. The molecular formula is C15H19N3O2S. The van der Waals surface area contributed by atoms with Gasteiger partial charge in [0.05, 0.1) is 17.7 Å². The van der Waals surface area contributed by atoms with Gasteiger partial charge in [0.2, 0.25) is 0 Å². The lowest BCUT2D eigenvalue weighted by Gasteiger charge is -2.08. The largest absolute Gasteiger partial charge is 0.493 e. The number of benzene rings is 1. The van der Waals surface area contributed by atoms with Crippen LogP contribution in [0.15, 0.2) is 24.3 Å². The van der Waals surface area contributed by atoms with E-state index in [-0.39, 0.29) is 5.84 Å². The van der Waals surface area contributed by atoms with Gasteiger partial charge < -0.3 is 15.2 Å². The third-order valence-electron chi connectivity index (χ3n) is 2.89. The Balaban J connectivity index is 2.13. The normalized spacial score (nSPS) is 10.4. The molecule has 0 amide bonds. The molecule has 0 saturated carbocycles. The Bertz CT molecular complexity index is 625. The summed E-state index contributed by atoms with van der Waals surface area (Å²) in [5.74, 6) is 1.44. The van der Waals surface area contributed by atoms with Gasteiger partial charge in [0.15, 0.2) is 11.5 Å². The molecule has 112 valence electrons. The second-order valence-electron chi connectivity index (χ2n) is 4.49. The first-order chi connectivity index (χ1) is 10.2. The van der Waals surface area contributed by atoms with Crippen molar-refractivity contribution in [2.75, 3.05) is 7.11 Å². The van der Waals surface area contributed by atoms with Crippen molar-refractivity contribution >= 4 is 17.2 Å². The molecule has 0 aliphatic heterocycles. The van der Waals surface area contributed by atoms with Gasteiger partial charge in [-0.25, -0.2) is 4.98 Å². The molecule has 5 nitrogen and oxygen atoms in total. The second kappa shape index (κ2) is 7.08. The molecule has 0 aliphatic carbocycles. The van der Waals surface area contributed by atoms with E-state index < -0.39 is 0 Å². The first-order valence-electron chi connectivity index (χ1n) is 6.74. The lowest BCUT2D eigenvalue weighted by molar-refractivity contribution is 0.284. The number of nitrogen functional groups attached to an aromatic ring is 1. The van der Waals surface area contributed by atoms with Gasteiger partial charge in [-0.05, 0) is 18.6 Å². The van der Waals surface area contributed by atoms with E-state index in [4.69, 9.17) is 20.6 Å². The topological polar surface area (TPSA) is 81.2 Å². The average molecular weight is 305 g/mol. The van der Waals surface area contributed by atoms with Crippen LogP contribution < -0.4 is 15.2 Å². The smallest absolute Gasteiger partial charge is 0.161 e. The van der Waals surface area contributed by atoms with E-state index >= 15 is 0 Å². The molecule has 0 unspecified atom stereocenters. The van der Waals surface area contributed by atoms with Crippen LogP contribution in [-0.2, 0) is 13.0 Å².